The van der Waals surface area contributed by atoms with Crippen molar-refractivity contribution in [3.63, 3.8) is 0 Å². The molecule has 0 bridgehead atoms. The summed E-state index contributed by atoms with van der Waals surface area (Å²) in [5, 5.41) is 3.31. The molecule has 6 nitrogen and oxygen atoms in total. The first-order valence-corrected chi connectivity index (χ1v) is 7.60. The third-order valence-corrected chi connectivity index (χ3v) is 3.52. The summed E-state index contributed by atoms with van der Waals surface area (Å²) in [5.41, 5.74) is 1.06. The first-order chi connectivity index (χ1) is 11.1. The van der Waals surface area contributed by atoms with Crippen LogP contribution in [0.15, 0.2) is 30.0 Å². The lowest BCUT2D eigenvalue weighted by Gasteiger charge is -2.11. The summed E-state index contributed by atoms with van der Waals surface area (Å²) < 4.78 is 9.98. The van der Waals surface area contributed by atoms with Gasteiger partial charge in [0.15, 0.2) is 11.7 Å². The molecular weight excluding hydrogens is 316 g/mol. The van der Waals surface area contributed by atoms with Gasteiger partial charge in [-0.05, 0) is 30.8 Å². The molecule has 0 spiro atoms. The maximum absolute atomic E-state index is 12.3. The van der Waals surface area contributed by atoms with Crippen LogP contribution in [0.4, 0.5) is 0 Å². The van der Waals surface area contributed by atoms with E-state index >= 15 is 0 Å². The molecule has 0 atom stereocenters. The highest BCUT2D eigenvalue weighted by atomic mass is 32.1. The van der Waals surface area contributed by atoms with Gasteiger partial charge in [0.1, 0.15) is 11.4 Å². The van der Waals surface area contributed by atoms with Crippen molar-refractivity contribution in [1.82, 2.24) is 10.2 Å². The van der Waals surface area contributed by atoms with E-state index in [1.54, 1.807) is 24.3 Å². The molecule has 1 saturated heterocycles. The minimum atomic E-state index is -0.474. The number of nitrogens with one attached hydrogen (secondary N) is 1. The number of thiocarbonyl (C=S) groups is 1. The van der Waals surface area contributed by atoms with Gasteiger partial charge in [-0.1, -0.05) is 25.1 Å². The summed E-state index contributed by atoms with van der Waals surface area (Å²) in [6.45, 7) is 2.36. The topological polar surface area (TPSA) is 67.9 Å². The minimum Gasteiger partial charge on any atom is -0.481 e. The zero-order valence-corrected chi connectivity index (χ0v) is 13.8. The van der Waals surface area contributed by atoms with Crippen LogP contribution in [0.3, 0.4) is 0 Å². The number of hydrogen-bond acceptors (Lipinski definition) is 5. The molecule has 1 aromatic rings. The van der Waals surface area contributed by atoms with Crippen molar-refractivity contribution >= 4 is 35.3 Å². The standard InChI is InChI=1S/C16H18N2O4S/c1-3-8-18-15(20)12(17-16(18)23)9-11-6-4-5-7-13(11)22-10-14(19)21-2/h4-7,9H,3,8,10H2,1-2H3,(H,17,23)/b12-9-. The molecule has 2 rings (SSSR count). The van der Waals surface area contributed by atoms with Gasteiger partial charge in [-0.25, -0.2) is 4.79 Å². The molecule has 0 aromatic heterocycles. The molecular formula is C16H18N2O4S. The Morgan fingerprint density at radius 2 is 2.13 bits per heavy atom. The number of amides is 1. The molecule has 1 N–H and O–H groups in total. The Bertz CT molecular complexity index is 657. The molecule has 1 amide bonds. The average Bonchev–Trinajstić information content (AvgIpc) is 2.81. The van der Waals surface area contributed by atoms with Crippen LogP contribution >= 0.6 is 12.2 Å². The van der Waals surface area contributed by atoms with Gasteiger partial charge >= 0.3 is 5.97 Å². The van der Waals surface area contributed by atoms with Crippen LogP contribution in [-0.4, -0.2) is 42.2 Å². The zero-order chi connectivity index (χ0) is 16.8. The molecule has 1 aromatic carbocycles. The summed E-state index contributed by atoms with van der Waals surface area (Å²) in [6.07, 6.45) is 2.48. The lowest BCUT2D eigenvalue weighted by Crippen LogP contribution is -2.31. The number of rotatable bonds is 6. The summed E-state index contributed by atoms with van der Waals surface area (Å²) >= 11 is 5.17. The predicted octanol–water partition coefficient (Wildman–Crippen LogP) is 1.71. The monoisotopic (exact) mass is 334 g/mol. The molecule has 0 radical (unpaired) electrons. The summed E-state index contributed by atoms with van der Waals surface area (Å²) in [7, 11) is 1.30. The number of esters is 1. The van der Waals surface area contributed by atoms with Gasteiger partial charge in [0.25, 0.3) is 5.91 Å². The van der Waals surface area contributed by atoms with Gasteiger partial charge < -0.3 is 14.8 Å². The van der Waals surface area contributed by atoms with E-state index in [2.05, 4.69) is 10.1 Å². The number of carbonyl (C=O) groups is 2. The SMILES string of the molecule is CCCN1C(=O)/C(=C/c2ccccc2OCC(=O)OC)NC1=S. The van der Waals surface area contributed by atoms with E-state index < -0.39 is 5.97 Å². The van der Waals surface area contributed by atoms with Crippen molar-refractivity contribution in [3.05, 3.63) is 35.5 Å². The summed E-state index contributed by atoms with van der Waals surface area (Å²) in [5.74, 6) is -0.155. The molecule has 122 valence electrons. The van der Waals surface area contributed by atoms with Gasteiger partial charge in [-0.15, -0.1) is 0 Å². The average molecular weight is 334 g/mol. The quantitative estimate of drug-likeness (QED) is 0.485. The van der Waals surface area contributed by atoms with Gasteiger partial charge in [0, 0.05) is 12.1 Å². The number of para-hydroxylation sites is 1. The lowest BCUT2D eigenvalue weighted by atomic mass is 10.1. The van der Waals surface area contributed by atoms with Crippen molar-refractivity contribution in [3.8, 4) is 5.75 Å². The second kappa shape index (κ2) is 7.73. The van der Waals surface area contributed by atoms with Crippen LogP contribution in [0.2, 0.25) is 0 Å². The fourth-order valence-corrected chi connectivity index (χ4v) is 2.36. The lowest BCUT2D eigenvalue weighted by molar-refractivity contribution is -0.142. The zero-order valence-electron chi connectivity index (χ0n) is 13.0. The second-order valence-corrected chi connectivity index (χ2v) is 5.23. The molecule has 23 heavy (non-hydrogen) atoms. The molecule has 1 aliphatic rings. The Kier molecular flexibility index (Phi) is 5.70. The van der Waals surface area contributed by atoms with E-state index in [0.717, 1.165) is 6.42 Å². The van der Waals surface area contributed by atoms with E-state index in [0.29, 0.717) is 28.7 Å². The molecule has 1 aliphatic heterocycles. The van der Waals surface area contributed by atoms with Crippen molar-refractivity contribution in [2.45, 2.75) is 13.3 Å². The van der Waals surface area contributed by atoms with E-state index in [4.69, 9.17) is 17.0 Å². The van der Waals surface area contributed by atoms with Crippen molar-refractivity contribution < 1.29 is 19.1 Å². The Morgan fingerprint density at radius 1 is 1.39 bits per heavy atom. The van der Waals surface area contributed by atoms with E-state index in [1.165, 1.54) is 12.0 Å². The molecule has 0 saturated carbocycles. The fourth-order valence-electron chi connectivity index (χ4n) is 2.08. The smallest absolute Gasteiger partial charge is 0.343 e. The number of benzene rings is 1. The van der Waals surface area contributed by atoms with Crippen LogP contribution in [-0.2, 0) is 14.3 Å². The van der Waals surface area contributed by atoms with Gasteiger partial charge in [-0.2, -0.15) is 0 Å². The number of carbonyl (C=O) groups excluding carboxylic acids is 2. The van der Waals surface area contributed by atoms with Gasteiger partial charge in [-0.3, -0.25) is 9.69 Å². The Balaban J connectivity index is 2.21. The maximum Gasteiger partial charge on any atom is 0.343 e. The normalized spacial score (nSPS) is 15.7. The fraction of sp³-hybridized carbons (Fsp3) is 0.312. The molecule has 7 heteroatoms. The van der Waals surface area contributed by atoms with Crippen molar-refractivity contribution in [2.75, 3.05) is 20.3 Å². The highest BCUT2D eigenvalue weighted by Gasteiger charge is 2.29. The Morgan fingerprint density at radius 3 is 2.83 bits per heavy atom. The van der Waals surface area contributed by atoms with E-state index in [1.807, 2.05) is 13.0 Å². The molecule has 0 unspecified atom stereocenters. The summed E-state index contributed by atoms with van der Waals surface area (Å²) in [4.78, 5) is 25.1. The second-order valence-electron chi connectivity index (χ2n) is 4.85. The number of methoxy groups -OCH3 is 1. The van der Waals surface area contributed by atoms with E-state index in [-0.39, 0.29) is 12.5 Å². The summed E-state index contributed by atoms with van der Waals surface area (Å²) in [6, 6.07) is 7.11. The Labute approximate surface area is 140 Å². The largest absolute Gasteiger partial charge is 0.481 e. The van der Waals surface area contributed by atoms with Crippen LogP contribution in [0.5, 0.6) is 5.75 Å². The highest BCUT2D eigenvalue weighted by molar-refractivity contribution is 7.80. The molecule has 1 fully saturated rings. The third kappa shape index (κ3) is 4.07. The number of nitrogens with zero attached hydrogens (tertiary/aromatic N) is 1. The third-order valence-electron chi connectivity index (χ3n) is 3.20. The van der Waals surface area contributed by atoms with Crippen molar-refractivity contribution in [2.24, 2.45) is 0 Å². The van der Waals surface area contributed by atoms with Crippen LogP contribution in [0.1, 0.15) is 18.9 Å². The number of ether oxygens (including phenoxy) is 2. The van der Waals surface area contributed by atoms with Crippen LogP contribution in [0, 0.1) is 0 Å². The van der Waals surface area contributed by atoms with E-state index in [9.17, 15) is 9.59 Å². The molecule has 1 heterocycles. The first kappa shape index (κ1) is 17.0. The first-order valence-electron chi connectivity index (χ1n) is 7.20. The molecule has 0 aliphatic carbocycles. The minimum absolute atomic E-state index is 0.167. The van der Waals surface area contributed by atoms with Gasteiger partial charge in [0.2, 0.25) is 0 Å². The highest BCUT2D eigenvalue weighted by Crippen LogP contribution is 2.22. The van der Waals surface area contributed by atoms with Crippen LogP contribution in [0.25, 0.3) is 6.08 Å². The van der Waals surface area contributed by atoms with Crippen LogP contribution < -0.4 is 10.1 Å². The maximum atomic E-state index is 12.3. The van der Waals surface area contributed by atoms with Crippen molar-refractivity contribution in [1.29, 1.82) is 0 Å². The Hall–Kier alpha value is -2.41. The van der Waals surface area contributed by atoms with Gasteiger partial charge in [0.05, 0.1) is 7.11 Å². The number of hydrogen-bond donors (Lipinski definition) is 1. The predicted molar refractivity (Wildman–Crippen MR) is 89.7 cm³/mol.